The van der Waals surface area contributed by atoms with Gasteiger partial charge in [-0.3, -0.25) is 4.79 Å². The lowest BCUT2D eigenvalue weighted by molar-refractivity contribution is -0.142. The van der Waals surface area contributed by atoms with Crippen LogP contribution < -0.4 is 0 Å². The van der Waals surface area contributed by atoms with E-state index in [4.69, 9.17) is 0 Å². The predicted molar refractivity (Wildman–Crippen MR) is 65.7 cm³/mol. The van der Waals surface area contributed by atoms with E-state index in [1.807, 2.05) is 39.0 Å². The van der Waals surface area contributed by atoms with Gasteiger partial charge in [-0.1, -0.05) is 36.8 Å². The largest absolute Gasteiger partial charge is 0.480 e. The molecule has 1 aromatic carbocycles. The molecule has 0 heterocycles. The fourth-order valence-corrected chi connectivity index (χ4v) is 2.11. The Hall–Kier alpha value is -1.57. The lowest BCUT2D eigenvalue weighted by atomic mass is 9.76. The van der Waals surface area contributed by atoms with Crippen LogP contribution in [-0.2, 0) is 10.2 Å². The minimum Gasteiger partial charge on any atom is -0.480 e. The van der Waals surface area contributed by atoms with Crippen LogP contribution in [0.25, 0.3) is 0 Å². The normalized spacial score (nSPS) is 14.2. The number of carboxylic acid groups (broad SMARTS) is 1. The molecule has 0 fully saturated rings. The highest BCUT2D eigenvalue weighted by Crippen LogP contribution is 2.32. The molecule has 0 radical (unpaired) electrons. The number of hydrogen-bond acceptors (Lipinski definition) is 1. The van der Waals surface area contributed by atoms with Crippen LogP contribution in [0.15, 0.2) is 30.9 Å². The molecule has 0 aliphatic carbocycles. The van der Waals surface area contributed by atoms with E-state index in [1.165, 1.54) is 6.08 Å². The molecule has 1 unspecified atom stereocenters. The van der Waals surface area contributed by atoms with Crippen molar-refractivity contribution in [2.45, 2.75) is 32.6 Å². The van der Waals surface area contributed by atoms with Gasteiger partial charge in [0.1, 0.15) is 5.41 Å². The molecule has 0 amide bonds. The molecule has 0 bridgehead atoms. The minimum absolute atomic E-state index is 0.510. The number of aliphatic carboxylic acids is 1. The molecule has 16 heavy (non-hydrogen) atoms. The smallest absolute Gasteiger partial charge is 0.318 e. The average Bonchev–Trinajstić information content (AvgIpc) is 2.22. The summed E-state index contributed by atoms with van der Waals surface area (Å²) in [5.74, 6) is -0.836. The molecule has 0 aromatic heterocycles. The third-order valence-electron chi connectivity index (χ3n) is 3.15. The molecule has 2 heteroatoms. The Morgan fingerprint density at radius 1 is 1.50 bits per heavy atom. The fraction of sp³-hybridized carbons (Fsp3) is 0.357. The number of rotatable bonds is 4. The summed E-state index contributed by atoms with van der Waals surface area (Å²) in [5.41, 5.74) is 2.02. The van der Waals surface area contributed by atoms with Crippen molar-refractivity contribution in [1.29, 1.82) is 0 Å². The minimum atomic E-state index is -0.961. The third kappa shape index (κ3) is 1.87. The third-order valence-corrected chi connectivity index (χ3v) is 3.15. The Balaban J connectivity index is 3.43. The number of aryl methyl sites for hydroxylation is 2. The summed E-state index contributed by atoms with van der Waals surface area (Å²) in [6.45, 7) is 9.50. The number of carbonyl (C=O) groups is 1. The molecular weight excluding hydrogens is 200 g/mol. The first-order valence-corrected chi connectivity index (χ1v) is 5.42. The van der Waals surface area contributed by atoms with Gasteiger partial charge in [-0.2, -0.15) is 0 Å². The maximum Gasteiger partial charge on any atom is 0.318 e. The molecule has 1 atom stereocenters. The Labute approximate surface area is 96.6 Å². The van der Waals surface area contributed by atoms with Gasteiger partial charge in [0, 0.05) is 0 Å². The van der Waals surface area contributed by atoms with Crippen LogP contribution in [0.1, 0.15) is 30.0 Å². The van der Waals surface area contributed by atoms with E-state index in [-0.39, 0.29) is 0 Å². The van der Waals surface area contributed by atoms with Crippen molar-refractivity contribution in [3.63, 3.8) is 0 Å². The second kappa shape index (κ2) is 4.52. The van der Waals surface area contributed by atoms with Gasteiger partial charge in [0.05, 0.1) is 0 Å². The molecule has 0 aliphatic heterocycles. The molecule has 2 nitrogen and oxygen atoms in total. The average molecular weight is 218 g/mol. The molecule has 0 saturated heterocycles. The van der Waals surface area contributed by atoms with Crippen LogP contribution >= 0.6 is 0 Å². The van der Waals surface area contributed by atoms with Gasteiger partial charge in [-0.15, -0.1) is 6.58 Å². The molecule has 1 aromatic rings. The summed E-state index contributed by atoms with van der Waals surface area (Å²) in [7, 11) is 0. The van der Waals surface area contributed by atoms with Crippen molar-refractivity contribution < 1.29 is 9.90 Å². The van der Waals surface area contributed by atoms with Gasteiger partial charge >= 0.3 is 5.97 Å². The zero-order valence-corrected chi connectivity index (χ0v) is 10.1. The van der Waals surface area contributed by atoms with Gasteiger partial charge in [-0.05, 0) is 31.4 Å². The van der Waals surface area contributed by atoms with Gasteiger partial charge in [0.15, 0.2) is 0 Å². The first-order chi connectivity index (χ1) is 7.47. The van der Waals surface area contributed by atoms with Crippen LogP contribution in [0.4, 0.5) is 0 Å². The molecule has 0 saturated carbocycles. The summed E-state index contributed by atoms with van der Waals surface area (Å²) >= 11 is 0. The van der Waals surface area contributed by atoms with Crippen LogP contribution in [0.3, 0.4) is 0 Å². The summed E-state index contributed by atoms with van der Waals surface area (Å²) in [6, 6.07) is 5.84. The molecule has 0 aliphatic rings. The highest BCUT2D eigenvalue weighted by atomic mass is 16.4. The highest BCUT2D eigenvalue weighted by Gasteiger charge is 2.36. The zero-order chi connectivity index (χ0) is 12.3. The SMILES string of the molecule is C=CC(CC)(C(=O)O)c1ccc(C)cc1C. The second-order valence-electron chi connectivity index (χ2n) is 4.15. The standard InChI is InChI=1S/C14H18O2/c1-5-14(6-2,13(15)16)12-8-7-10(3)9-11(12)4/h5,7-9H,1,6H2,2-4H3,(H,15,16). The molecule has 1 N–H and O–H groups in total. The van der Waals surface area contributed by atoms with Crippen molar-refractivity contribution in [1.82, 2.24) is 0 Å². The maximum atomic E-state index is 11.4. The lowest BCUT2D eigenvalue weighted by Crippen LogP contribution is -2.33. The van der Waals surface area contributed by atoms with Gasteiger partial charge < -0.3 is 5.11 Å². The summed E-state index contributed by atoms with van der Waals surface area (Å²) in [4.78, 5) is 11.4. The van der Waals surface area contributed by atoms with Crippen LogP contribution in [0, 0.1) is 13.8 Å². The molecule has 0 spiro atoms. The van der Waals surface area contributed by atoms with Crippen LogP contribution in [0.2, 0.25) is 0 Å². The van der Waals surface area contributed by atoms with E-state index in [0.717, 1.165) is 16.7 Å². The zero-order valence-electron chi connectivity index (χ0n) is 10.1. The highest BCUT2D eigenvalue weighted by molar-refractivity contribution is 5.84. The Bertz CT molecular complexity index is 421. The fourth-order valence-electron chi connectivity index (χ4n) is 2.11. The van der Waals surface area contributed by atoms with Crippen LogP contribution in [-0.4, -0.2) is 11.1 Å². The second-order valence-corrected chi connectivity index (χ2v) is 4.15. The van der Waals surface area contributed by atoms with Crippen molar-refractivity contribution in [2.75, 3.05) is 0 Å². The Morgan fingerprint density at radius 3 is 2.50 bits per heavy atom. The quantitative estimate of drug-likeness (QED) is 0.788. The van der Waals surface area contributed by atoms with Crippen LogP contribution in [0.5, 0.6) is 0 Å². The topological polar surface area (TPSA) is 37.3 Å². The number of hydrogen-bond donors (Lipinski definition) is 1. The number of carboxylic acids is 1. The van der Waals surface area contributed by atoms with Gasteiger partial charge in [-0.25, -0.2) is 0 Å². The lowest BCUT2D eigenvalue weighted by Gasteiger charge is -2.26. The van der Waals surface area contributed by atoms with Crippen molar-refractivity contribution >= 4 is 5.97 Å². The van der Waals surface area contributed by atoms with E-state index in [9.17, 15) is 9.90 Å². The summed E-state index contributed by atoms with van der Waals surface area (Å²) < 4.78 is 0. The van der Waals surface area contributed by atoms with E-state index in [0.29, 0.717) is 6.42 Å². The predicted octanol–water partition coefficient (Wildman–Crippen LogP) is 3.22. The molecule has 1 rings (SSSR count). The Kier molecular flexibility index (Phi) is 3.53. The monoisotopic (exact) mass is 218 g/mol. The summed E-state index contributed by atoms with van der Waals surface area (Å²) in [5, 5.41) is 9.40. The van der Waals surface area contributed by atoms with Gasteiger partial charge in [0.2, 0.25) is 0 Å². The molecule has 86 valence electrons. The van der Waals surface area contributed by atoms with Crippen molar-refractivity contribution in [3.8, 4) is 0 Å². The molecular formula is C14H18O2. The van der Waals surface area contributed by atoms with E-state index in [2.05, 4.69) is 6.58 Å². The van der Waals surface area contributed by atoms with Gasteiger partial charge in [0.25, 0.3) is 0 Å². The first kappa shape index (κ1) is 12.5. The first-order valence-electron chi connectivity index (χ1n) is 5.42. The Morgan fingerprint density at radius 2 is 2.12 bits per heavy atom. The maximum absolute atomic E-state index is 11.4. The summed E-state index contributed by atoms with van der Waals surface area (Å²) in [6.07, 6.45) is 2.04. The van der Waals surface area contributed by atoms with E-state index < -0.39 is 11.4 Å². The van der Waals surface area contributed by atoms with E-state index >= 15 is 0 Å². The number of benzene rings is 1. The van der Waals surface area contributed by atoms with Crippen molar-refractivity contribution in [2.24, 2.45) is 0 Å². The van der Waals surface area contributed by atoms with Crippen molar-refractivity contribution in [3.05, 3.63) is 47.5 Å². The van der Waals surface area contributed by atoms with E-state index in [1.54, 1.807) is 0 Å².